The summed E-state index contributed by atoms with van der Waals surface area (Å²) in [7, 11) is 1.68. The molecule has 3 aromatic rings. The predicted molar refractivity (Wildman–Crippen MR) is 111 cm³/mol. The molecule has 1 aromatic heterocycles. The van der Waals surface area contributed by atoms with Crippen molar-refractivity contribution in [2.24, 2.45) is 7.05 Å². The second kappa shape index (κ2) is 8.47. The van der Waals surface area contributed by atoms with E-state index in [0.717, 1.165) is 6.07 Å². The molecule has 2 heterocycles. The van der Waals surface area contributed by atoms with Crippen LogP contribution in [0.5, 0.6) is 5.75 Å². The maximum absolute atomic E-state index is 14.0. The van der Waals surface area contributed by atoms with E-state index in [1.165, 1.54) is 12.1 Å². The van der Waals surface area contributed by atoms with Crippen molar-refractivity contribution in [3.63, 3.8) is 0 Å². The SMILES string of the molecule is Cn1nc(C2CCC(=O)NC2=O)c2cccc(OCC(=O)Nc3c(F)cccc3C#N)c21. The molecule has 1 fully saturated rings. The van der Waals surface area contributed by atoms with E-state index in [-0.39, 0.29) is 23.6 Å². The Balaban J connectivity index is 1.55. The lowest BCUT2D eigenvalue weighted by atomic mass is 9.93. The number of imide groups is 1. The number of benzene rings is 2. The first-order valence-electron chi connectivity index (χ1n) is 9.79. The zero-order chi connectivity index (χ0) is 22.8. The van der Waals surface area contributed by atoms with Crippen molar-refractivity contribution >= 4 is 34.3 Å². The molecule has 0 radical (unpaired) electrons. The summed E-state index contributed by atoms with van der Waals surface area (Å²) >= 11 is 0. The number of piperidine rings is 1. The highest BCUT2D eigenvalue weighted by molar-refractivity contribution is 6.03. The quantitative estimate of drug-likeness (QED) is 0.591. The van der Waals surface area contributed by atoms with Crippen molar-refractivity contribution in [3.8, 4) is 11.8 Å². The number of nitrogens with zero attached hydrogens (tertiary/aromatic N) is 3. The topological polar surface area (TPSA) is 126 Å². The van der Waals surface area contributed by atoms with E-state index < -0.39 is 30.2 Å². The molecule has 4 rings (SSSR count). The predicted octanol–water partition coefficient (Wildman–Crippen LogP) is 2.12. The zero-order valence-corrected chi connectivity index (χ0v) is 17.0. The minimum Gasteiger partial charge on any atom is -0.481 e. The van der Waals surface area contributed by atoms with Gasteiger partial charge in [0.25, 0.3) is 5.91 Å². The molecule has 1 unspecified atom stereocenters. The number of nitrogens with one attached hydrogen (secondary N) is 2. The lowest BCUT2D eigenvalue weighted by Crippen LogP contribution is -2.39. The molecule has 1 aliphatic heterocycles. The standard InChI is InChI=1S/C22H18FN5O4/c1-28-21-13(20(27-28)14-8-9-17(29)26-22(14)31)5-3-7-16(21)32-11-18(30)25-19-12(10-24)4-2-6-15(19)23/h2-7,14H,8-9,11H2,1H3,(H,25,30)(H,26,29,31). The number of aromatic nitrogens is 2. The number of carbonyl (C=O) groups excluding carboxylic acids is 3. The molecule has 0 spiro atoms. The van der Waals surface area contributed by atoms with Crippen LogP contribution < -0.4 is 15.4 Å². The van der Waals surface area contributed by atoms with E-state index in [9.17, 15) is 18.8 Å². The maximum Gasteiger partial charge on any atom is 0.262 e. The number of nitriles is 1. The lowest BCUT2D eigenvalue weighted by Gasteiger charge is -2.19. The average Bonchev–Trinajstić information content (AvgIpc) is 3.10. The van der Waals surface area contributed by atoms with Gasteiger partial charge in [0.05, 0.1) is 22.9 Å². The molecule has 2 N–H and O–H groups in total. The van der Waals surface area contributed by atoms with Gasteiger partial charge in [-0.1, -0.05) is 18.2 Å². The number of anilines is 1. The molecule has 162 valence electrons. The first-order chi connectivity index (χ1) is 15.4. The Morgan fingerprint density at radius 1 is 1.34 bits per heavy atom. The van der Waals surface area contributed by atoms with Gasteiger partial charge in [0.2, 0.25) is 11.8 Å². The van der Waals surface area contributed by atoms with E-state index in [2.05, 4.69) is 15.7 Å². The van der Waals surface area contributed by atoms with Crippen molar-refractivity contribution < 1.29 is 23.5 Å². The number of fused-ring (bicyclic) bond motifs is 1. The summed E-state index contributed by atoms with van der Waals surface area (Å²) in [5, 5.41) is 18.9. The summed E-state index contributed by atoms with van der Waals surface area (Å²) < 4.78 is 21.2. The van der Waals surface area contributed by atoms with Gasteiger partial charge >= 0.3 is 0 Å². The van der Waals surface area contributed by atoms with Crippen molar-refractivity contribution in [3.05, 3.63) is 53.5 Å². The molecular formula is C22H18FN5O4. The number of ether oxygens (including phenoxy) is 1. The molecule has 3 amide bonds. The van der Waals surface area contributed by atoms with Crippen molar-refractivity contribution in [2.75, 3.05) is 11.9 Å². The number of para-hydroxylation sites is 2. The van der Waals surface area contributed by atoms with Crippen LogP contribution in [-0.4, -0.2) is 34.1 Å². The molecule has 32 heavy (non-hydrogen) atoms. The Bertz CT molecular complexity index is 1290. The number of amides is 3. The van der Waals surface area contributed by atoms with Crippen LogP contribution in [0.4, 0.5) is 10.1 Å². The Hall–Kier alpha value is -4.26. The number of rotatable bonds is 5. The molecule has 1 aliphatic rings. The van der Waals surface area contributed by atoms with E-state index >= 15 is 0 Å². The van der Waals surface area contributed by atoms with Gasteiger partial charge in [-0.25, -0.2) is 4.39 Å². The average molecular weight is 435 g/mol. The second-order valence-corrected chi connectivity index (χ2v) is 7.28. The van der Waals surface area contributed by atoms with Crippen LogP contribution in [0, 0.1) is 17.1 Å². The number of hydrogen-bond acceptors (Lipinski definition) is 6. The largest absolute Gasteiger partial charge is 0.481 e. The monoisotopic (exact) mass is 435 g/mol. The number of hydrogen-bond donors (Lipinski definition) is 2. The summed E-state index contributed by atoms with van der Waals surface area (Å²) in [4.78, 5) is 36.1. The normalized spacial score (nSPS) is 15.8. The van der Waals surface area contributed by atoms with Crippen LogP contribution in [0.2, 0.25) is 0 Å². The van der Waals surface area contributed by atoms with Crippen molar-refractivity contribution in [1.29, 1.82) is 5.26 Å². The molecule has 2 aromatic carbocycles. The third-order valence-electron chi connectivity index (χ3n) is 5.18. The van der Waals surface area contributed by atoms with Gasteiger partial charge in [-0.15, -0.1) is 0 Å². The van der Waals surface area contributed by atoms with Crippen LogP contribution in [0.3, 0.4) is 0 Å². The van der Waals surface area contributed by atoms with Crippen LogP contribution in [0.15, 0.2) is 36.4 Å². The van der Waals surface area contributed by atoms with Crippen LogP contribution in [-0.2, 0) is 21.4 Å². The first kappa shape index (κ1) is 21.0. The molecule has 1 atom stereocenters. The van der Waals surface area contributed by atoms with Crippen LogP contribution in [0.1, 0.15) is 30.0 Å². The highest BCUT2D eigenvalue weighted by Gasteiger charge is 2.32. The molecule has 10 heteroatoms. The second-order valence-electron chi connectivity index (χ2n) is 7.28. The summed E-state index contributed by atoms with van der Waals surface area (Å²) in [6.45, 7) is -0.433. The molecule has 0 bridgehead atoms. The fourth-order valence-corrected chi connectivity index (χ4v) is 3.72. The molecule has 1 saturated heterocycles. The fraction of sp³-hybridized carbons (Fsp3) is 0.227. The van der Waals surface area contributed by atoms with E-state index in [1.54, 1.807) is 29.9 Å². The summed E-state index contributed by atoms with van der Waals surface area (Å²) in [6.07, 6.45) is 0.583. The minimum absolute atomic E-state index is 0.000896. The van der Waals surface area contributed by atoms with Crippen LogP contribution in [0.25, 0.3) is 10.9 Å². The Morgan fingerprint density at radius 3 is 2.88 bits per heavy atom. The van der Waals surface area contributed by atoms with Gasteiger partial charge in [0.15, 0.2) is 6.61 Å². The maximum atomic E-state index is 14.0. The number of aryl methyl sites for hydroxylation is 1. The van der Waals surface area contributed by atoms with Crippen LogP contribution >= 0.6 is 0 Å². The summed E-state index contributed by atoms with van der Waals surface area (Å²) in [5.41, 5.74) is 0.888. The number of carbonyl (C=O) groups is 3. The van der Waals surface area contributed by atoms with Crippen molar-refractivity contribution in [2.45, 2.75) is 18.8 Å². The molecular weight excluding hydrogens is 417 g/mol. The van der Waals surface area contributed by atoms with Gasteiger partial charge in [-0.2, -0.15) is 10.4 Å². The van der Waals surface area contributed by atoms with Crippen molar-refractivity contribution in [1.82, 2.24) is 15.1 Å². The third kappa shape index (κ3) is 3.88. The molecule has 0 aliphatic carbocycles. The van der Waals surface area contributed by atoms with Gasteiger partial charge < -0.3 is 10.1 Å². The highest BCUT2D eigenvalue weighted by Crippen LogP contribution is 2.34. The zero-order valence-electron chi connectivity index (χ0n) is 17.0. The fourth-order valence-electron chi connectivity index (χ4n) is 3.72. The summed E-state index contributed by atoms with van der Waals surface area (Å²) in [6, 6.07) is 10.9. The molecule has 0 saturated carbocycles. The van der Waals surface area contributed by atoms with E-state index in [4.69, 9.17) is 10.00 Å². The Kier molecular flexibility index (Phi) is 5.55. The number of halogens is 1. The van der Waals surface area contributed by atoms with E-state index in [0.29, 0.717) is 28.8 Å². The Morgan fingerprint density at radius 2 is 2.12 bits per heavy atom. The minimum atomic E-state index is -0.722. The van der Waals surface area contributed by atoms with E-state index in [1.807, 2.05) is 6.07 Å². The smallest absolute Gasteiger partial charge is 0.262 e. The highest BCUT2D eigenvalue weighted by atomic mass is 19.1. The lowest BCUT2D eigenvalue weighted by molar-refractivity contribution is -0.134. The van der Waals surface area contributed by atoms with Gasteiger partial charge in [-0.3, -0.25) is 24.4 Å². The summed E-state index contributed by atoms with van der Waals surface area (Å²) in [5.74, 6) is -2.29. The Labute approximate surface area is 181 Å². The third-order valence-corrected chi connectivity index (χ3v) is 5.18. The molecule has 9 nitrogen and oxygen atoms in total. The van der Waals surface area contributed by atoms with Gasteiger partial charge in [0.1, 0.15) is 23.2 Å². The first-order valence-corrected chi connectivity index (χ1v) is 9.79. The van der Waals surface area contributed by atoms with Gasteiger partial charge in [0, 0.05) is 18.9 Å². The van der Waals surface area contributed by atoms with Gasteiger partial charge in [-0.05, 0) is 24.6 Å².